The summed E-state index contributed by atoms with van der Waals surface area (Å²) in [6, 6.07) is -0.913. The molecule has 0 aromatic heterocycles. The number of likely N-dealkylation sites (tertiary alicyclic amines) is 1. The van der Waals surface area contributed by atoms with E-state index < -0.39 is 11.9 Å². The fourth-order valence-electron chi connectivity index (χ4n) is 5.71. The summed E-state index contributed by atoms with van der Waals surface area (Å²) in [5.74, 6) is -2.01. The van der Waals surface area contributed by atoms with Crippen molar-refractivity contribution in [1.82, 2.24) is 20.4 Å². The van der Waals surface area contributed by atoms with E-state index in [-0.39, 0.29) is 58.8 Å². The number of nitrogens with zero attached hydrogens (tertiary/aromatic N) is 2. The highest BCUT2D eigenvalue weighted by molar-refractivity contribution is 8.03. The number of nitrogens with two attached hydrogens (primary N) is 1. The average Bonchev–Trinajstić information content (AvgIpc) is 3.46. The van der Waals surface area contributed by atoms with Gasteiger partial charge >= 0.3 is 5.97 Å². The zero-order valence-corrected chi connectivity index (χ0v) is 20.8. The summed E-state index contributed by atoms with van der Waals surface area (Å²) >= 11 is 1.47. The monoisotopic (exact) mass is 493 g/mol. The number of carbonyl (C=O) groups is 4. The Labute approximate surface area is 204 Å². The van der Waals surface area contributed by atoms with Crippen molar-refractivity contribution in [3.8, 4) is 0 Å². The third-order valence-corrected chi connectivity index (χ3v) is 8.93. The van der Waals surface area contributed by atoms with Crippen LogP contribution in [-0.4, -0.2) is 87.6 Å². The van der Waals surface area contributed by atoms with Gasteiger partial charge in [0.2, 0.25) is 17.7 Å². The van der Waals surface area contributed by atoms with Gasteiger partial charge in [0.1, 0.15) is 5.70 Å². The number of carbonyl (C=O) groups excluding carboxylic acids is 3. The molecule has 0 spiro atoms. The average molecular weight is 494 g/mol. The molecule has 3 fully saturated rings. The Morgan fingerprint density at radius 3 is 2.71 bits per heavy atom. The molecule has 3 amide bonds. The lowest BCUT2D eigenvalue weighted by Crippen LogP contribution is -2.66. The molecular weight excluding hydrogens is 458 g/mol. The van der Waals surface area contributed by atoms with Crippen molar-refractivity contribution < 1.29 is 24.3 Å². The summed E-state index contributed by atoms with van der Waals surface area (Å²) < 4.78 is 0. The fraction of sp³-hybridized carbons (Fsp3) is 0.739. The number of carboxylic acid groups (broad SMARTS) is 1. The minimum atomic E-state index is -1.11. The number of thioether (sulfide) groups is 1. The summed E-state index contributed by atoms with van der Waals surface area (Å²) in [5, 5.41) is 16.2. The van der Waals surface area contributed by atoms with Gasteiger partial charge in [0.15, 0.2) is 0 Å². The molecule has 3 saturated heterocycles. The van der Waals surface area contributed by atoms with Gasteiger partial charge in [0, 0.05) is 54.2 Å². The van der Waals surface area contributed by atoms with Gasteiger partial charge in [0.25, 0.3) is 0 Å². The molecule has 0 aromatic rings. The quantitative estimate of drug-likeness (QED) is 0.348. The Morgan fingerprint density at radius 1 is 1.35 bits per heavy atom. The molecule has 0 aromatic carbocycles. The molecule has 5 N–H and O–H groups in total. The molecule has 0 radical (unpaired) electrons. The third-order valence-electron chi connectivity index (χ3n) is 7.41. The summed E-state index contributed by atoms with van der Waals surface area (Å²) in [7, 11) is 0. The first-order valence-corrected chi connectivity index (χ1v) is 13.1. The minimum absolute atomic E-state index is 0.0299. The lowest BCUT2D eigenvalue weighted by Gasteiger charge is -2.47. The van der Waals surface area contributed by atoms with Crippen LogP contribution in [-0.2, 0) is 19.2 Å². The lowest BCUT2D eigenvalue weighted by atomic mass is 9.78. The number of aliphatic carboxylic acids is 1. The Morgan fingerprint density at radius 2 is 2.09 bits per heavy atom. The molecule has 188 valence electrons. The number of nitrogens with one attached hydrogen (secondary N) is 2. The van der Waals surface area contributed by atoms with E-state index in [1.165, 1.54) is 16.7 Å². The Bertz CT molecular complexity index is 910. The highest BCUT2D eigenvalue weighted by Crippen LogP contribution is 2.51. The number of β-lactam (4-membered cyclic amide) rings is 1. The standard InChI is InChI=1S/C23H35N5O5S/c1-4-5-16(29)26-12(3)17-18-11(2)20(19(23(32)33)28(18)22(17)31)34-14-8-15(25-9-14)21(30)27-7-6-13(24)10-27/h11-15,17-18,25H,4-10,24H2,1-3H3,(H,26,29)(H,32,33)/t11-,12-,13-,14+,15+,17-,18-/m1/s1. The van der Waals surface area contributed by atoms with Crippen LogP contribution in [0.15, 0.2) is 10.6 Å². The molecule has 0 saturated carbocycles. The maximum Gasteiger partial charge on any atom is 0.353 e. The molecule has 4 heterocycles. The highest BCUT2D eigenvalue weighted by atomic mass is 32.2. The van der Waals surface area contributed by atoms with Crippen molar-refractivity contribution in [1.29, 1.82) is 0 Å². The summed E-state index contributed by atoms with van der Waals surface area (Å²) in [4.78, 5) is 53.9. The second-order valence-electron chi connectivity index (χ2n) is 9.91. The van der Waals surface area contributed by atoms with Crippen LogP contribution in [0.4, 0.5) is 0 Å². The predicted molar refractivity (Wildman–Crippen MR) is 127 cm³/mol. The number of fused-ring (bicyclic) bond motifs is 1. The van der Waals surface area contributed by atoms with E-state index in [0.29, 0.717) is 37.4 Å². The van der Waals surface area contributed by atoms with Crippen molar-refractivity contribution in [2.75, 3.05) is 19.6 Å². The van der Waals surface area contributed by atoms with E-state index in [4.69, 9.17) is 5.73 Å². The number of hydrogen-bond donors (Lipinski definition) is 4. The van der Waals surface area contributed by atoms with Crippen LogP contribution in [0.5, 0.6) is 0 Å². The largest absolute Gasteiger partial charge is 0.477 e. The SMILES string of the molecule is CCCC(=O)N[C@H](C)[C@H]1C(=O)N2C(C(=O)O)=C(S[C@@H]3CN[C@H](C(=O)N4CC[C@@H](N)C4)C3)[C@H](C)[C@H]12. The van der Waals surface area contributed by atoms with Crippen LogP contribution in [0.1, 0.15) is 46.5 Å². The molecule has 4 rings (SSSR count). The van der Waals surface area contributed by atoms with E-state index in [2.05, 4.69) is 10.6 Å². The van der Waals surface area contributed by atoms with Crippen molar-refractivity contribution in [2.24, 2.45) is 17.6 Å². The Kier molecular flexibility index (Phi) is 7.25. The van der Waals surface area contributed by atoms with E-state index in [1.54, 1.807) is 4.90 Å². The van der Waals surface area contributed by atoms with Gasteiger partial charge in [-0.3, -0.25) is 14.4 Å². The molecule has 4 aliphatic heterocycles. The Balaban J connectivity index is 1.43. The molecule has 4 aliphatic rings. The highest BCUT2D eigenvalue weighted by Gasteiger charge is 2.60. The zero-order chi connectivity index (χ0) is 24.7. The second-order valence-corrected chi connectivity index (χ2v) is 11.2. The van der Waals surface area contributed by atoms with Crippen LogP contribution in [0.25, 0.3) is 0 Å². The lowest BCUT2D eigenvalue weighted by molar-refractivity contribution is -0.158. The normalized spacial score (nSPS) is 33.7. The van der Waals surface area contributed by atoms with Gasteiger partial charge in [-0.25, -0.2) is 4.79 Å². The zero-order valence-electron chi connectivity index (χ0n) is 20.0. The minimum Gasteiger partial charge on any atom is -0.477 e. The van der Waals surface area contributed by atoms with Crippen molar-refractivity contribution in [3.05, 3.63) is 10.6 Å². The van der Waals surface area contributed by atoms with Gasteiger partial charge in [0.05, 0.1) is 18.0 Å². The van der Waals surface area contributed by atoms with Gasteiger partial charge in [-0.05, 0) is 26.2 Å². The van der Waals surface area contributed by atoms with E-state index in [9.17, 15) is 24.3 Å². The van der Waals surface area contributed by atoms with Crippen LogP contribution in [0, 0.1) is 11.8 Å². The maximum absolute atomic E-state index is 13.0. The van der Waals surface area contributed by atoms with Gasteiger partial charge in [-0.15, -0.1) is 11.8 Å². The van der Waals surface area contributed by atoms with Gasteiger partial charge in [-0.2, -0.15) is 0 Å². The Hall–Kier alpha value is -2.11. The molecule has 0 aliphatic carbocycles. The first-order chi connectivity index (χ1) is 16.1. The van der Waals surface area contributed by atoms with E-state index in [0.717, 1.165) is 12.8 Å². The fourth-order valence-corrected chi connectivity index (χ4v) is 7.19. The molecule has 7 atom stereocenters. The van der Waals surface area contributed by atoms with Crippen LogP contribution < -0.4 is 16.4 Å². The smallest absolute Gasteiger partial charge is 0.353 e. The van der Waals surface area contributed by atoms with Crippen LogP contribution in [0.3, 0.4) is 0 Å². The third kappa shape index (κ3) is 4.45. The summed E-state index contributed by atoms with van der Waals surface area (Å²) in [6.07, 6.45) is 2.53. The molecular formula is C23H35N5O5S. The van der Waals surface area contributed by atoms with E-state index in [1.807, 2.05) is 20.8 Å². The predicted octanol–water partition coefficient (Wildman–Crippen LogP) is 0.0874. The van der Waals surface area contributed by atoms with E-state index >= 15 is 0 Å². The number of amides is 3. The number of rotatable bonds is 8. The van der Waals surface area contributed by atoms with Crippen LogP contribution >= 0.6 is 11.8 Å². The van der Waals surface area contributed by atoms with Crippen molar-refractivity contribution in [2.45, 2.75) is 75.9 Å². The topological polar surface area (TPSA) is 145 Å². The van der Waals surface area contributed by atoms with Crippen molar-refractivity contribution in [3.63, 3.8) is 0 Å². The van der Waals surface area contributed by atoms with Crippen LogP contribution in [0.2, 0.25) is 0 Å². The number of carboxylic acids is 1. The maximum atomic E-state index is 13.0. The first kappa shape index (κ1) is 25.0. The molecule has 34 heavy (non-hydrogen) atoms. The molecule has 0 bridgehead atoms. The number of hydrogen-bond acceptors (Lipinski definition) is 7. The molecule has 10 nitrogen and oxygen atoms in total. The summed E-state index contributed by atoms with van der Waals surface area (Å²) in [5.41, 5.74) is 5.99. The first-order valence-electron chi connectivity index (χ1n) is 12.2. The summed E-state index contributed by atoms with van der Waals surface area (Å²) in [6.45, 7) is 7.53. The molecule has 0 unspecified atom stereocenters. The molecule has 11 heteroatoms. The van der Waals surface area contributed by atoms with Gasteiger partial charge < -0.3 is 31.3 Å². The van der Waals surface area contributed by atoms with Crippen molar-refractivity contribution >= 4 is 35.5 Å². The second kappa shape index (κ2) is 9.87. The van der Waals surface area contributed by atoms with Gasteiger partial charge in [-0.1, -0.05) is 13.8 Å².